The summed E-state index contributed by atoms with van der Waals surface area (Å²) >= 11 is 0. The zero-order valence-electron chi connectivity index (χ0n) is 12.6. The Labute approximate surface area is 116 Å². The number of aromatic nitrogens is 2. The molecule has 1 aliphatic rings. The van der Waals surface area contributed by atoms with Crippen molar-refractivity contribution in [1.29, 1.82) is 0 Å². The van der Waals surface area contributed by atoms with Crippen LogP contribution in [0.1, 0.15) is 38.4 Å². The molecule has 2 rings (SSSR count). The lowest BCUT2D eigenvalue weighted by Gasteiger charge is -2.42. The summed E-state index contributed by atoms with van der Waals surface area (Å²) in [6, 6.07) is 1.22. The molecule has 0 aliphatic carbocycles. The zero-order valence-corrected chi connectivity index (χ0v) is 12.6. The van der Waals surface area contributed by atoms with Crippen LogP contribution in [0, 0.1) is 0 Å². The topological polar surface area (TPSA) is 50.3 Å². The van der Waals surface area contributed by atoms with Gasteiger partial charge in [-0.15, -0.1) is 0 Å². The molecule has 1 saturated heterocycles. The summed E-state index contributed by atoms with van der Waals surface area (Å²) in [6.07, 6.45) is 4.12. The second-order valence-corrected chi connectivity index (χ2v) is 5.95. The summed E-state index contributed by atoms with van der Waals surface area (Å²) < 4.78 is 2.01. The first-order chi connectivity index (χ1) is 9.02. The van der Waals surface area contributed by atoms with Gasteiger partial charge in [-0.25, -0.2) is 0 Å². The minimum absolute atomic E-state index is 0.288. The van der Waals surface area contributed by atoms with Crippen LogP contribution in [0.4, 0.5) is 0 Å². The molecular formula is C14H27N5. The Hall–Kier alpha value is -0.910. The van der Waals surface area contributed by atoms with E-state index in [0.29, 0.717) is 18.6 Å². The van der Waals surface area contributed by atoms with Crippen molar-refractivity contribution in [2.75, 3.05) is 33.2 Å². The van der Waals surface area contributed by atoms with Crippen molar-refractivity contribution in [2.24, 2.45) is 5.73 Å². The lowest BCUT2D eigenvalue weighted by Crippen LogP contribution is -2.52. The quantitative estimate of drug-likeness (QED) is 0.886. The van der Waals surface area contributed by atoms with Crippen LogP contribution in [0.5, 0.6) is 0 Å². The molecule has 0 amide bonds. The van der Waals surface area contributed by atoms with Gasteiger partial charge in [0.2, 0.25) is 0 Å². The maximum Gasteiger partial charge on any atom is 0.0538 e. The van der Waals surface area contributed by atoms with Gasteiger partial charge in [0.15, 0.2) is 0 Å². The van der Waals surface area contributed by atoms with Crippen molar-refractivity contribution in [2.45, 2.75) is 38.9 Å². The summed E-state index contributed by atoms with van der Waals surface area (Å²) in [6.45, 7) is 10.5. The normalized spacial score (nSPS) is 24.0. The molecule has 0 spiro atoms. The van der Waals surface area contributed by atoms with E-state index >= 15 is 0 Å². The first kappa shape index (κ1) is 14.5. The van der Waals surface area contributed by atoms with Crippen LogP contribution in [0.25, 0.3) is 0 Å². The van der Waals surface area contributed by atoms with Crippen molar-refractivity contribution >= 4 is 0 Å². The predicted molar refractivity (Wildman–Crippen MR) is 78.1 cm³/mol. The molecule has 108 valence electrons. The van der Waals surface area contributed by atoms with E-state index in [4.69, 9.17) is 5.73 Å². The van der Waals surface area contributed by atoms with Gasteiger partial charge in [0.25, 0.3) is 0 Å². The summed E-state index contributed by atoms with van der Waals surface area (Å²) in [5, 5.41) is 4.44. The van der Waals surface area contributed by atoms with E-state index in [1.165, 1.54) is 5.56 Å². The number of hydrogen-bond donors (Lipinski definition) is 1. The van der Waals surface area contributed by atoms with Gasteiger partial charge in [0.05, 0.1) is 12.2 Å². The van der Waals surface area contributed by atoms with Crippen molar-refractivity contribution < 1.29 is 0 Å². The smallest absolute Gasteiger partial charge is 0.0538 e. The minimum atomic E-state index is 0.288. The molecule has 0 aromatic carbocycles. The predicted octanol–water partition coefficient (Wildman–Crippen LogP) is 1.10. The molecule has 19 heavy (non-hydrogen) atoms. The standard InChI is InChI=1S/C14H27N5/c1-11(2)19-10-13(8-16-19)14(7-15)18-6-5-17(4)9-12(18)3/h8,10-12,14H,5-7,9,15H2,1-4H3. The Bertz CT molecular complexity index is 400. The number of nitrogens with zero attached hydrogens (tertiary/aromatic N) is 4. The van der Waals surface area contributed by atoms with Crippen LogP contribution in [0.15, 0.2) is 12.4 Å². The molecule has 1 aliphatic heterocycles. The van der Waals surface area contributed by atoms with Gasteiger partial charge in [0, 0.05) is 50.0 Å². The van der Waals surface area contributed by atoms with Crippen LogP contribution in [-0.2, 0) is 0 Å². The van der Waals surface area contributed by atoms with E-state index in [0.717, 1.165) is 19.6 Å². The summed E-state index contributed by atoms with van der Waals surface area (Å²) in [5.74, 6) is 0. The maximum atomic E-state index is 6.03. The Kier molecular flexibility index (Phi) is 4.60. The fourth-order valence-corrected chi connectivity index (χ4v) is 2.89. The lowest BCUT2D eigenvalue weighted by atomic mass is 10.1. The van der Waals surface area contributed by atoms with Gasteiger partial charge in [-0.3, -0.25) is 9.58 Å². The summed E-state index contributed by atoms with van der Waals surface area (Å²) in [4.78, 5) is 4.90. The third kappa shape index (κ3) is 3.16. The average Bonchev–Trinajstić information content (AvgIpc) is 2.82. The second-order valence-electron chi connectivity index (χ2n) is 5.95. The number of hydrogen-bond acceptors (Lipinski definition) is 4. The lowest BCUT2D eigenvalue weighted by molar-refractivity contribution is 0.0635. The first-order valence-corrected chi connectivity index (χ1v) is 7.21. The molecule has 2 atom stereocenters. The third-order valence-corrected chi connectivity index (χ3v) is 4.04. The van der Waals surface area contributed by atoms with E-state index in [1.807, 2.05) is 10.9 Å². The largest absolute Gasteiger partial charge is 0.329 e. The van der Waals surface area contributed by atoms with Crippen LogP contribution < -0.4 is 5.73 Å². The highest BCUT2D eigenvalue weighted by atomic mass is 15.3. The molecule has 1 aromatic heterocycles. The minimum Gasteiger partial charge on any atom is -0.329 e. The highest BCUT2D eigenvalue weighted by Crippen LogP contribution is 2.24. The van der Waals surface area contributed by atoms with Gasteiger partial charge in [-0.05, 0) is 27.8 Å². The van der Waals surface area contributed by atoms with Gasteiger partial charge in [-0.2, -0.15) is 5.10 Å². The number of likely N-dealkylation sites (N-methyl/N-ethyl adjacent to an activating group) is 1. The van der Waals surface area contributed by atoms with Crippen LogP contribution in [0.3, 0.4) is 0 Å². The second kappa shape index (κ2) is 6.03. The van der Waals surface area contributed by atoms with Crippen molar-refractivity contribution in [1.82, 2.24) is 19.6 Å². The van der Waals surface area contributed by atoms with Crippen LogP contribution >= 0.6 is 0 Å². The zero-order chi connectivity index (χ0) is 14.0. The van der Waals surface area contributed by atoms with Crippen molar-refractivity contribution in [3.8, 4) is 0 Å². The molecule has 0 saturated carbocycles. The highest BCUT2D eigenvalue weighted by molar-refractivity contribution is 5.12. The monoisotopic (exact) mass is 265 g/mol. The molecule has 1 aromatic rings. The van der Waals surface area contributed by atoms with Crippen LogP contribution in [0.2, 0.25) is 0 Å². The SMILES string of the molecule is CC1CN(C)CCN1C(CN)c1cnn(C(C)C)c1. The Morgan fingerprint density at radius 2 is 2.16 bits per heavy atom. The van der Waals surface area contributed by atoms with Gasteiger partial charge in [0.1, 0.15) is 0 Å². The Morgan fingerprint density at radius 1 is 1.42 bits per heavy atom. The van der Waals surface area contributed by atoms with E-state index in [1.54, 1.807) is 0 Å². The van der Waals surface area contributed by atoms with Crippen molar-refractivity contribution in [3.63, 3.8) is 0 Å². The molecule has 0 bridgehead atoms. The number of nitrogens with two attached hydrogens (primary N) is 1. The molecular weight excluding hydrogens is 238 g/mol. The summed E-state index contributed by atoms with van der Waals surface area (Å²) in [7, 11) is 2.18. The first-order valence-electron chi connectivity index (χ1n) is 7.21. The van der Waals surface area contributed by atoms with Gasteiger partial charge >= 0.3 is 0 Å². The fourth-order valence-electron chi connectivity index (χ4n) is 2.89. The molecule has 5 heteroatoms. The number of rotatable bonds is 4. The van der Waals surface area contributed by atoms with E-state index < -0.39 is 0 Å². The van der Waals surface area contributed by atoms with Crippen LogP contribution in [-0.4, -0.2) is 58.8 Å². The van der Waals surface area contributed by atoms with Crippen molar-refractivity contribution in [3.05, 3.63) is 18.0 Å². The van der Waals surface area contributed by atoms with Gasteiger partial charge in [-0.1, -0.05) is 0 Å². The molecule has 2 heterocycles. The van der Waals surface area contributed by atoms with E-state index in [-0.39, 0.29) is 6.04 Å². The maximum absolute atomic E-state index is 6.03. The summed E-state index contributed by atoms with van der Waals surface area (Å²) in [5.41, 5.74) is 7.27. The Balaban J connectivity index is 2.14. The molecule has 0 radical (unpaired) electrons. The molecule has 1 fully saturated rings. The number of piperazine rings is 1. The Morgan fingerprint density at radius 3 is 2.68 bits per heavy atom. The fraction of sp³-hybridized carbons (Fsp3) is 0.786. The van der Waals surface area contributed by atoms with Gasteiger partial charge < -0.3 is 10.6 Å². The third-order valence-electron chi connectivity index (χ3n) is 4.04. The van der Waals surface area contributed by atoms with E-state index in [9.17, 15) is 0 Å². The molecule has 5 nitrogen and oxygen atoms in total. The van der Waals surface area contributed by atoms with E-state index in [2.05, 4.69) is 48.9 Å². The average molecular weight is 265 g/mol. The highest BCUT2D eigenvalue weighted by Gasteiger charge is 2.29. The molecule has 2 N–H and O–H groups in total. The molecule has 2 unspecified atom stereocenters.